The Labute approximate surface area is 119 Å². The van der Waals surface area contributed by atoms with Crippen molar-refractivity contribution >= 4 is 33.7 Å². The number of nitrogens with two attached hydrogens (primary N) is 1. The zero-order valence-electron chi connectivity index (χ0n) is 10.0. The molecule has 3 aromatic rings. The highest BCUT2D eigenvalue weighted by Crippen LogP contribution is 2.36. The van der Waals surface area contributed by atoms with Crippen LogP contribution < -0.4 is 11.1 Å². The second-order valence-corrected chi connectivity index (χ2v) is 5.75. The van der Waals surface area contributed by atoms with Crippen molar-refractivity contribution < 1.29 is 0 Å². The first-order valence-electron chi connectivity index (χ1n) is 5.76. The lowest BCUT2D eigenvalue weighted by molar-refractivity contribution is 1.21. The molecule has 0 saturated heterocycles. The molecule has 0 aromatic carbocycles. The van der Waals surface area contributed by atoms with Gasteiger partial charge in [-0.15, -0.1) is 11.3 Å². The van der Waals surface area contributed by atoms with E-state index in [4.69, 9.17) is 5.73 Å². The maximum Gasteiger partial charge on any atom is 0.147 e. The summed E-state index contributed by atoms with van der Waals surface area (Å²) in [6.07, 6.45) is 3.55. The summed E-state index contributed by atoms with van der Waals surface area (Å²) in [6, 6.07) is 8.04. The Balaban J connectivity index is 1.87. The molecule has 0 bridgehead atoms. The number of nitrogens with one attached hydrogen (secondary N) is 1. The second kappa shape index (κ2) is 5.38. The molecule has 0 spiro atoms. The Hall–Kier alpha value is -1.92. The average Bonchev–Trinajstić information content (AvgIpc) is 3.07. The predicted octanol–water partition coefficient (Wildman–Crippen LogP) is 3.46. The summed E-state index contributed by atoms with van der Waals surface area (Å²) in [4.78, 5) is 5.41. The van der Waals surface area contributed by atoms with E-state index < -0.39 is 0 Å². The summed E-state index contributed by atoms with van der Waals surface area (Å²) in [5, 5.41) is 6.45. The van der Waals surface area contributed by atoms with Gasteiger partial charge >= 0.3 is 0 Å². The highest BCUT2D eigenvalue weighted by molar-refractivity contribution is 7.11. The summed E-state index contributed by atoms with van der Waals surface area (Å²) in [6.45, 7) is 0.784. The van der Waals surface area contributed by atoms with Crippen molar-refractivity contribution in [1.82, 2.24) is 9.36 Å². The van der Waals surface area contributed by atoms with Gasteiger partial charge in [-0.3, -0.25) is 4.98 Å². The number of pyridine rings is 1. The highest BCUT2D eigenvalue weighted by atomic mass is 32.1. The number of nitrogens with zero attached hydrogens (tertiary/aromatic N) is 2. The smallest absolute Gasteiger partial charge is 0.147 e. The van der Waals surface area contributed by atoms with Crippen LogP contribution >= 0.6 is 22.9 Å². The maximum atomic E-state index is 5.96. The molecule has 0 aliphatic carbocycles. The number of hydrogen-bond donors (Lipinski definition) is 2. The average molecular weight is 288 g/mol. The van der Waals surface area contributed by atoms with Gasteiger partial charge in [-0.2, -0.15) is 4.37 Å². The molecule has 0 atom stereocenters. The van der Waals surface area contributed by atoms with E-state index in [1.165, 1.54) is 16.4 Å². The first-order valence-corrected chi connectivity index (χ1v) is 7.41. The van der Waals surface area contributed by atoms with Gasteiger partial charge < -0.3 is 11.1 Å². The maximum absolute atomic E-state index is 5.96. The molecule has 0 fully saturated rings. The van der Waals surface area contributed by atoms with Gasteiger partial charge in [0, 0.05) is 22.8 Å². The molecule has 4 nitrogen and oxygen atoms in total. The molecule has 0 aliphatic heterocycles. The summed E-state index contributed by atoms with van der Waals surface area (Å²) in [5.41, 5.74) is 7.88. The van der Waals surface area contributed by atoms with Gasteiger partial charge in [0.1, 0.15) is 10.8 Å². The van der Waals surface area contributed by atoms with Gasteiger partial charge in [0.15, 0.2) is 0 Å². The van der Waals surface area contributed by atoms with Gasteiger partial charge in [-0.25, -0.2) is 0 Å². The minimum Gasteiger partial charge on any atom is -0.382 e. The van der Waals surface area contributed by atoms with Crippen LogP contribution in [0.25, 0.3) is 11.1 Å². The molecular weight excluding hydrogens is 276 g/mol. The third-order valence-corrected chi connectivity index (χ3v) is 4.37. The van der Waals surface area contributed by atoms with Crippen molar-refractivity contribution in [2.75, 3.05) is 11.1 Å². The van der Waals surface area contributed by atoms with Crippen LogP contribution in [0.3, 0.4) is 0 Å². The molecule has 0 radical (unpaired) electrons. The molecule has 0 unspecified atom stereocenters. The van der Waals surface area contributed by atoms with E-state index in [9.17, 15) is 0 Å². The van der Waals surface area contributed by atoms with Crippen LogP contribution in [-0.2, 0) is 6.54 Å². The fourth-order valence-electron chi connectivity index (χ4n) is 1.79. The zero-order chi connectivity index (χ0) is 13.1. The first-order chi connectivity index (χ1) is 9.34. The van der Waals surface area contributed by atoms with Crippen LogP contribution in [0.4, 0.5) is 10.8 Å². The van der Waals surface area contributed by atoms with Crippen LogP contribution in [0.5, 0.6) is 0 Å². The Morgan fingerprint density at radius 3 is 2.95 bits per heavy atom. The fraction of sp³-hybridized carbons (Fsp3) is 0.0769. The van der Waals surface area contributed by atoms with Gasteiger partial charge in [0.25, 0.3) is 0 Å². The Morgan fingerprint density at radius 2 is 2.21 bits per heavy atom. The minimum atomic E-state index is 0.548. The van der Waals surface area contributed by atoms with E-state index >= 15 is 0 Å². The normalized spacial score (nSPS) is 10.5. The lowest BCUT2D eigenvalue weighted by Gasteiger charge is -2.05. The SMILES string of the molecule is Nc1nsc(NCc2cccs2)c1-c1cccnc1. The number of rotatable bonds is 4. The largest absolute Gasteiger partial charge is 0.382 e. The second-order valence-electron chi connectivity index (χ2n) is 3.95. The summed E-state index contributed by atoms with van der Waals surface area (Å²) in [7, 11) is 0. The standard InChI is InChI=1S/C13H12N4S2/c14-12-11(9-3-1-5-15-7-9)13(19-17-12)16-8-10-4-2-6-18-10/h1-7,16H,8H2,(H2,14,17). The molecule has 0 aliphatic rings. The van der Waals surface area contributed by atoms with Gasteiger partial charge in [-0.1, -0.05) is 12.1 Å². The van der Waals surface area contributed by atoms with E-state index in [-0.39, 0.29) is 0 Å². The number of hydrogen-bond acceptors (Lipinski definition) is 6. The van der Waals surface area contributed by atoms with Crippen LogP contribution in [-0.4, -0.2) is 9.36 Å². The van der Waals surface area contributed by atoms with Crippen LogP contribution in [0.2, 0.25) is 0 Å². The van der Waals surface area contributed by atoms with E-state index in [0.717, 1.165) is 22.7 Å². The van der Waals surface area contributed by atoms with Crippen molar-refractivity contribution in [3.8, 4) is 11.1 Å². The predicted molar refractivity (Wildman–Crippen MR) is 81.4 cm³/mol. The van der Waals surface area contributed by atoms with Crippen LogP contribution in [0.15, 0.2) is 42.0 Å². The van der Waals surface area contributed by atoms with Gasteiger partial charge in [0.05, 0.1) is 12.1 Å². The van der Waals surface area contributed by atoms with Crippen molar-refractivity contribution in [2.24, 2.45) is 0 Å². The third-order valence-electron chi connectivity index (χ3n) is 2.67. The Kier molecular flexibility index (Phi) is 3.43. The highest BCUT2D eigenvalue weighted by Gasteiger charge is 2.13. The van der Waals surface area contributed by atoms with Gasteiger partial charge in [-0.05, 0) is 29.0 Å². The fourth-order valence-corrected chi connectivity index (χ4v) is 3.17. The molecule has 6 heteroatoms. The van der Waals surface area contributed by atoms with Crippen molar-refractivity contribution in [2.45, 2.75) is 6.54 Å². The van der Waals surface area contributed by atoms with E-state index in [1.807, 2.05) is 18.2 Å². The molecule has 0 saturated carbocycles. The van der Waals surface area contributed by atoms with E-state index in [1.54, 1.807) is 23.7 Å². The molecule has 96 valence electrons. The molecule has 3 rings (SSSR count). The van der Waals surface area contributed by atoms with Crippen molar-refractivity contribution in [1.29, 1.82) is 0 Å². The van der Waals surface area contributed by atoms with Crippen LogP contribution in [0.1, 0.15) is 4.88 Å². The summed E-state index contributed by atoms with van der Waals surface area (Å²) in [5.74, 6) is 0.548. The Morgan fingerprint density at radius 1 is 1.26 bits per heavy atom. The van der Waals surface area contributed by atoms with Gasteiger partial charge in [0.2, 0.25) is 0 Å². The molecular formula is C13H12N4S2. The summed E-state index contributed by atoms with van der Waals surface area (Å²) < 4.78 is 4.23. The lowest BCUT2D eigenvalue weighted by Crippen LogP contribution is -1.97. The van der Waals surface area contributed by atoms with Crippen molar-refractivity contribution in [3.05, 3.63) is 46.9 Å². The monoisotopic (exact) mass is 288 g/mol. The number of nitrogen functional groups attached to an aromatic ring is 1. The van der Waals surface area contributed by atoms with Crippen molar-refractivity contribution in [3.63, 3.8) is 0 Å². The van der Waals surface area contributed by atoms with E-state index in [2.05, 4.69) is 26.1 Å². The molecule has 3 N–H and O–H groups in total. The summed E-state index contributed by atoms with van der Waals surface area (Å²) >= 11 is 3.11. The first kappa shape index (κ1) is 12.1. The number of anilines is 2. The third kappa shape index (κ3) is 2.59. The van der Waals surface area contributed by atoms with Crippen LogP contribution in [0, 0.1) is 0 Å². The molecule has 3 heterocycles. The molecule has 3 aromatic heterocycles. The molecule has 0 amide bonds. The molecule has 19 heavy (non-hydrogen) atoms. The van der Waals surface area contributed by atoms with E-state index in [0.29, 0.717) is 5.82 Å². The zero-order valence-corrected chi connectivity index (χ0v) is 11.7. The minimum absolute atomic E-state index is 0.548. The Bertz CT molecular complexity index is 647. The lowest BCUT2D eigenvalue weighted by atomic mass is 10.1. The quantitative estimate of drug-likeness (QED) is 0.771. The number of thiophene rings is 1. The number of aromatic nitrogens is 2. The topological polar surface area (TPSA) is 63.8 Å².